The molecule has 0 saturated heterocycles. The fraction of sp³-hybridized carbons (Fsp3) is 0.136. The zero-order chi connectivity index (χ0) is 19.9. The van der Waals surface area contributed by atoms with Crippen LogP contribution in [-0.2, 0) is 6.54 Å². The Morgan fingerprint density at radius 3 is 2.50 bits per heavy atom. The Kier molecular flexibility index (Phi) is 6.01. The third kappa shape index (κ3) is 4.35. The number of nitrogens with one attached hydrogen (secondary N) is 1. The molecule has 1 aromatic heterocycles. The maximum absolute atomic E-state index is 12.7. The van der Waals surface area contributed by atoms with Gasteiger partial charge < -0.3 is 10.1 Å². The number of ether oxygens (including phenoxy) is 1. The highest BCUT2D eigenvalue weighted by molar-refractivity contribution is 5.94. The van der Waals surface area contributed by atoms with E-state index in [2.05, 4.69) is 10.4 Å². The molecule has 1 N–H and O–H groups in total. The molecule has 3 rings (SSSR count). The van der Waals surface area contributed by atoms with Crippen LogP contribution in [0.4, 0.5) is 0 Å². The molecule has 0 aliphatic heterocycles. The van der Waals surface area contributed by atoms with Crippen LogP contribution in [-0.4, -0.2) is 29.8 Å². The molecule has 0 bridgehead atoms. The number of carbonyl (C=O) groups is 1. The zero-order valence-electron chi connectivity index (χ0n) is 15.8. The van der Waals surface area contributed by atoms with Crippen molar-refractivity contribution >= 4 is 12.0 Å². The summed E-state index contributed by atoms with van der Waals surface area (Å²) >= 11 is 0. The summed E-state index contributed by atoms with van der Waals surface area (Å²) in [4.78, 5) is 24.9. The van der Waals surface area contributed by atoms with Gasteiger partial charge in [-0.3, -0.25) is 9.59 Å². The molecule has 6 heteroatoms. The molecule has 0 aliphatic carbocycles. The zero-order valence-corrected chi connectivity index (χ0v) is 15.8. The summed E-state index contributed by atoms with van der Waals surface area (Å²) < 4.78 is 6.47. The quantitative estimate of drug-likeness (QED) is 0.719. The predicted octanol–water partition coefficient (Wildman–Crippen LogP) is 2.99. The fourth-order valence-corrected chi connectivity index (χ4v) is 2.72. The number of rotatable bonds is 6. The van der Waals surface area contributed by atoms with Crippen LogP contribution >= 0.6 is 0 Å². The van der Waals surface area contributed by atoms with Gasteiger partial charge >= 0.3 is 0 Å². The van der Waals surface area contributed by atoms with Crippen LogP contribution in [0.1, 0.15) is 15.9 Å². The Balaban J connectivity index is 1.98. The lowest BCUT2D eigenvalue weighted by molar-refractivity contribution is 0.0960. The minimum Gasteiger partial charge on any atom is -0.497 e. The number of benzene rings is 2. The molecule has 2 aromatic carbocycles. The van der Waals surface area contributed by atoms with E-state index in [4.69, 9.17) is 4.74 Å². The highest BCUT2D eigenvalue weighted by Crippen LogP contribution is 2.20. The van der Waals surface area contributed by atoms with Crippen molar-refractivity contribution in [3.8, 4) is 17.0 Å². The summed E-state index contributed by atoms with van der Waals surface area (Å²) in [6.45, 7) is 0.252. The summed E-state index contributed by atoms with van der Waals surface area (Å²) in [5, 5.41) is 6.95. The number of methoxy groups -OCH3 is 1. The number of aromatic nitrogens is 2. The topological polar surface area (TPSA) is 73.2 Å². The van der Waals surface area contributed by atoms with E-state index in [0.29, 0.717) is 5.69 Å². The van der Waals surface area contributed by atoms with Gasteiger partial charge in [0, 0.05) is 12.6 Å². The highest BCUT2D eigenvalue weighted by Gasteiger charge is 2.15. The van der Waals surface area contributed by atoms with E-state index >= 15 is 0 Å². The van der Waals surface area contributed by atoms with Gasteiger partial charge in [0.25, 0.3) is 11.5 Å². The van der Waals surface area contributed by atoms with Crippen molar-refractivity contribution in [2.45, 2.75) is 6.54 Å². The Morgan fingerprint density at radius 1 is 1.14 bits per heavy atom. The van der Waals surface area contributed by atoms with Crippen LogP contribution in [0.5, 0.6) is 5.75 Å². The minimum absolute atomic E-state index is 0.0522. The Labute approximate surface area is 163 Å². The Bertz CT molecular complexity index is 1040. The first-order valence-electron chi connectivity index (χ1n) is 8.82. The lowest BCUT2D eigenvalue weighted by Crippen LogP contribution is -2.32. The van der Waals surface area contributed by atoms with Crippen molar-refractivity contribution in [2.24, 2.45) is 0 Å². The van der Waals surface area contributed by atoms with Crippen LogP contribution < -0.4 is 15.6 Å². The smallest absolute Gasteiger partial charge is 0.279 e. The van der Waals surface area contributed by atoms with E-state index in [1.54, 1.807) is 19.2 Å². The third-order valence-electron chi connectivity index (χ3n) is 4.22. The normalized spacial score (nSPS) is 10.8. The van der Waals surface area contributed by atoms with Gasteiger partial charge in [-0.2, -0.15) is 5.10 Å². The van der Waals surface area contributed by atoms with Crippen molar-refractivity contribution in [3.63, 3.8) is 0 Å². The van der Waals surface area contributed by atoms with Gasteiger partial charge in [0.1, 0.15) is 11.3 Å². The van der Waals surface area contributed by atoms with Crippen molar-refractivity contribution in [2.75, 3.05) is 14.2 Å². The second-order valence-electron chi connectivity index (χ2n) is 6.05. The molecule has 0 saturated carbocycles. The van der Waals surface area contributed by atoms with Gasteiger partial charge in [-0.1, -0.05) is 42.5 Å². The standard InChI is InChI=1S/C22H21N3O3/c1-23-21(26)19-15-20(17-10-12-18(28-2)13-11-17)24-25(22(19)27)14-6-9-16-7-4-3-5-8-16/h3-13,15H,14H2,1-2H3,(H,23,26). The molecule has 0 atom stereocenters. The van der Waals surface area contributed by atoms with Crippen LogP contribution in [0, 0.1) is 0 Å². The molecule has 142 valence electrons. The van der Waals surface area contributed by atoms with Gasteiger partial charge in [0.15, 0.2) is 0 Å². The average Bonchev–Trinajstić information content (AvgIpc) is 2.75. The minimum atomic E-state index is -0.442. The molecule has 0 spiro atoms. The molecule has 1 heterocycles. The predicted molar refractivity (Wildman–Crippen MR) is 109 cm³/mol. The van der Waals surface area contributed by atoms with E-state index in [-0.39, 0.29) is 12.1 Å². The number of hydrogen-bond acceptors (Lipinski definition) is 4. The van der Waals surface area contributed by atoms with E-state index in [0.717, 1.165) is 16.9 Å². The second-order valence-corrected chi connectivity index (χ2v) is 6.05. The molecular weight excluding hydrogens is 354 g/mol. The summed E-state index contributed by atoms with van der Waals surface area (Å²) in [5.41, 5.74) is 1.96. The van der Waals surface area contributed by atoms with E-state index in [1.165, 1.54) is 17.8 Å². The van der Waals surface area contributed by atoms with E-state index < -0.39 is 11.5 Å². The summed E-state index contributed by atoms with van der Waals surface area (Å²) in [5.74, 6) is 0.275. The van der Waals surface area contributed by atoms with Crippen molar-refractivity contribution in [3.05, 3.63) is 88.2 Å². The molecule has 0 unspecified atom stereocenters. The summed E-state index contributed by atoms with van der Waals surface area (Å²) in [7, 11) is 3.09. The monoisotopic (exact) mass is 375 g/mol. The number of nitrogens with zero attached hydrogens (tertiary/aromatic N) is 2. The lowest BCUT2D eigenvalue weighted by Gasteiger charge is -2.09. The maximum Gasteiger partial charge on any atom is 0.279 e. The Hall–Kier alpha value is -3.67. The van der Waals surface area contributed by atoms with Crippen LogP contribution in [0.2, 0.25) is 0 Å². The number of carbonyl (C=O) groups excluding carboxylic acids is 1. The molecule has 1 amide bonds. The summed E-state index contributed by atoms with van der Waals surface area (Å²) in [6.07, 6.45) is 3.75. The van der Waals surface area contributed by atoms with E-state index in [9.17, 15) is 9.59 Å². The largest absolute Gasteiger partial charge is 0.497 e. The first kappa shape index (κ1) is 19.1. The molecule has 3 aromatic rings. The first-order valence-corrected chi connectivity index (χ1v) is 8.82. The van der Waals surface area contributed by atoms with Crippen LogP contribution in [0.3, 0.4) is 0 Å². The van der Waals surface area contributed by atoms with Gasteiger partial charge in [-0.25, -0.2) is 4.68 Å². The third-order valence-corrected chi connectivity index (χ3v) is 4.22. The number of hydrogen-bond donors (Lipinski definition) is 1. The molecule has 0 fully saturated rings. The van der Waals surface area contributed by atoms with Crippen molar-refractivity contribution < 1.29 is 9.53 Å². The van der Waals surface area contributed by atoms with Gasteiger partial charge in [0.2, 0.25) is 0 Å². The number of amides is 1. The van der Waals surface area contributed by atoms with Crippen molar-refractivity contribution in [1.82, 2.24) is 15.1 Å². The molecular formula is C22H21N3O3. The second kappa shape index (κ2) is 8.81. The number of allylic oxidation sites excluding steroid dienone is 1. The average molecular weight is 375 g/mol. The SMILES string of the molecule is CNC(=O)c1cc(-c2ccc(OC)cc2)nn(CC=Cc2ccccc2)c1=O. The molecule has 0 aliphatic rings. The molecule has 28 heavy (non-hydrogen) atoms. The highest BCUT2D eigenvalue weighted by atomic mass is 16.5. The van der Waals surface area contributed by atoms with E-state index in [1.807, 2.05) is 54.6 Å². The van der Waals surface area contributed by atoms with Crippen molar-refractivity contribution in [1.29, 1.82) is 0 Å². The molecule has 6 nitrogen and oxygen atoms in total. The molecule has 0 radical (unpaired) electrons. The Morgan fingerprint density at radius 2 is 1.86 bits per heavy atom. The van der Waals surface area contributed by atoms with Crippen LogP contribution in [0.25, 0.3) is 17.3 Å². The maximum atomic E-state index is 12.7. The summed E-state index contributed by atoms with van der Waals surface area (Å²) in [6, 6.07) is 18.6. The van der Waals surface area contributed by atoms with Crippen LogP contribution in [0.15, 0.2) is 71.5 Å². The van der Waals surface area contributed by atoms with Gasteiger partial charge in [-0.05, 0) is 35.9 Å². The van der Waals surface area contributed by atoms with Gasteiger partial charge in [-0.15, -0.1) is 0 Å². The van der Waals surface area contributed by atoms with Gasteiger partial charge in [0.05, 0.1) is 19.3 Å². The fourth-order valence-electron chi connectivity index (χ4n) is 2.72. The lowest BCUT2D eigenvalue weighted by atomic mass is 10.1. The first-order chi connectivity index (χ1) is 13.6.